The van der Waals surface area contributed by atoms with E-state index in [0.29, 0.717) is 5.56 Å². The third kappa shape index (κ3) is 1.65. The maximum absolute atomic E-state index is 13.4. The van der Waals surface area contributed by atoms with Gasteiger partial charge in [0.1, 0.15) is 0 Å². The van der Waals surface area contributed by atoms with Crippen molar-refractivity contribution in [2.24, 2.45) is 5.73 Å². The van der Waals surface area contributed by atoms with Crippen LogP contribution in [0.15, 0.2) is 18.2 Å². The molecule has 1 fully saturated rings. The van der Waals surface area contributed by atoms with E-state index in [1.54, 1.807) is 0 Å². The van der Waals surface area contributed by atoms with E-state index in [1.165, 1.54) is 25.3 Å². The van der Waals surface area contributed by atoms with Gasteiger partial charge in [-0.3, -0.25) is 0 Å². The lowest BCUT2D eigenvalue weighted by Gasteiger charge is -2.45. The van der Waals surface area contributed by atoms with Crippen LogP contribution in [0.25, 0.3) is 0 Å². The molecule has 2 rings (SSSR count). The highest BCUT2D eigenvalue weighted by molar-refractivity contribution is 5.42. The molecule has 1 aliphatic rings. The summed E-state index contributed by atoms with van der Waals surface area (Å²) in [6.07, 6.45) is -0.945. The molecule has 16 heavy (non-hydrogen) atoms. The van der Waals surface area contributed by atoms with E-state index < -0.39 is 30.1 Å². The Hall–Kier alpha value is -1.23. The second-order valence-electron chi connectivity index (χ2n) is 4.19. The van der Waals surface area contributed by atoms with Crippen LogP contribution >= 0.6 is 0 Å². The number of hydrogen-bond acceptors (Lipinski definition) is 2. The number of nitrogens with two attached hydrogens (primary N) is 1. The number of ether oxygens (including phenoxy) is 1. The summed E-state index contributed by atoms with van der Waals surface area (Å²) < 4.78 is 43.9. The first-order chi connectivity index (χ1) is 7.38. The van der Waals surface area contributed by atoms with Gasteiger partial charge in [-0.15, -0.1) is 0 Å². The van der Waals surface area contributed by atoms with Crippen LogP contribution in [0, 0.1) is 5.82 Å². The van der Waals surface area contributed by atoms with E-state index in [9.17, 15) is 13.2 Å². The Balaban J connectivity index is 2.38. The van der Waals surface area contributed by atoms with E-state index in [-0.39, 0.29) is 5.75 Å². The molecule has 0 unspecified atom stereocenters. The summed E-state index contributed by atoms with van der Waals surface area (Å²) in [7, 11) is 1.29. The Morgan fingerprint density at radius 3 is 2.44 bits per heavy atom. The minimum absolute atomic E-state index is 0.0412. The molecule has 0 bridgehead atoms. The molecule has 2 nitrogen and oxygen atoms in total. The number of halogens is 3. The van der Waals surface area contributed by atoms with Gasteiger partial charge >= 0.3 is 0 Å². The van der Waals surface area contributed by atoms with Crippen LogP contribution in [-0.2, 0) is 5.54 Å². The van der Waals surface area contributed by atoms with Gasteiger partial charge in [-0.05, 0) is 6.07 Å². The second kappa shape index (κ2) is 3.38. The van der Waals surface area contributed by atoms with Crippen molar-refractivity contribution < 1.29 is 17.9 Å². The summed E-state index contributed by atoms with van der Waals surface area (Å²) in [6.45, 7) is 0. The molecule has 0 heterocycles. The van der Waals surface area contributed by atoms with Gasteiger partial charge in [-0.1, -0.05) is 12.1 Å². The van der Waals surface area contributed by atoms with E-state index in [4.69, 9.17) is 10.5 Å². The Bertz CT molecular complexity index is 412. The Kier molecular flexibility index (Phi) is 2.38. The van der Waals surface area contributed by atoms with Crippen LogP contribution in [-0.4, -0.2) is 13.0 Å². The van der Waals surface area contributed by atoms with Crippen LogP contribution < -0.4 is 10.5 Å². The lowest BCUT2D eigenvalue weighted by molar-refractivity contribution is -0.125. The van der Waals surface area contributed by atoms with Gasteiger partial charge in [0.05, 0.1) is 12.6 Å². The number of hydrogen-bond donors (Lipinski definition) is 1. The van der Waals surface area contributed by atoms with Crippen molar-refractivity contribution in [3.8, 4) is 5.75 Å². The molecule has 1 saturated carbocycles. The molecule has 0 aromatic heterocycles. The average molecular weight is 231 g/mol. The highest BCUT2D eigenvalue weighted by atomic mass is 19.3. The molecule has 0 radical (unpaired) electrons. The summed E-state index contributed by atoms with van der Waals surface area (Å²) in [5.41, 5.74) is 4.94. The molecule has 0 atom stereocenters. The standard InChI is InChI=1S/C11H12F3NO/c1-16-9-7(3-2-4-8(9)12)10(15)5-11(13,14)6-10/h2-4H,5-6,15H2,1H3. The molecule has 0 aliphatic heterocycles. The molecule has 1 aromatic carbocycles. The maximum Gasteiger partial charge on any atom is 0.252 e. The highest BCUT2D eigenvalue weighted by Gasteiger charge is 2.56. The summed E-state index contributed by atoms with van der Waals surface area (Å²) >= 11 is 0. The number of benzene rings is 1. The summed E-state index contributed by atoms with van der Waals surface area (Å²) in [4.78, 5) is 0. The summed E-state index contributed by atoms with van der Waals surface area (Å²) in [6, 6.07) is 4.18. The second-order valence-corrected chi connectivity index (χ2v) is 4.19. The van der Waals surface area contributed by atoms with Crippen molar-refractivity contribution in [1.82, 2.24) is 0 Å². The topological polar surface area (TPSA) is 35.2 Å². The van der Waals surface area contributed by atoms with Crippen molar-refractivity contribution in [2.45, 2.75) is 24.3 Å². The van der Waals surface area contributed by atoms with Crippen molar-refractivity contribution in [3.05, 3.63) is 29.6 Å². The fourth-order valence-corrected chi connectivity index (χ4v) is 2.17. The van der Waals surface area contributed by atoms with Crippen molar-refractivity contribution >= 4 is 0 Å². The molecule has 0 spiro atoms. The molecular formula is C11H12F3NO. The normalized spacial score (nSPS) is 21.3. The van der Waals surface area contributed by atoms with Crippen LogP contribution in [0.1, 0.15) is 18.4 Å². The van der Waals surface area contributed by atoms with Crippen LogP contribution in [0.3, 0.4) is 0 Å². The summed E-state index contributed by atoms with van der Waals surface area (Å²) in [5, 5.41) is 0. The summed E-state index contributed by atoms with van der Waals surface area (Å²) in [5.74, 6) is -3.38. The van der Waals surface area contributed by atoms with Crippen LogP contribution in [0.5, 0.6) is 5.75 Å². The van der Waals surface area contributed by atoms with Crippen LogP contribution in [0.2, 0.25) is 0 Å². The van der Waals surface area contributed by atoms with Crippen molar-refractivity contribution in [3.63, 3.8) is 0 Å². The molecule has 0 amide bonds. The molecule has 0 saturated heterocycles. The van der Waals surface area contributed by atoms with Gasteiger partial charge < -0.3 is 10.5 Å². The monoisotopic (exact) mass is 231 g/mol. The zero-order chi connectivity index (χ0) is 12.0. The van der Waals surface area contributed by atoms with E-state index in [1.807, 2.05) is 0 Å². The average Bonchev–Trinajstić information content (AvgIpc) is 2.14. The first kappa shape index (κ1) is 11.3. The number of alkyl halides is 2. The Morgan fingerprint density at radius 1 is 1.31 bits per heavy atom. The number of rotatable bonds is 2. The first-order valence-electron chi connectivity index (χ1n) is 4.88. The predicted molar refractivity (Wildman–Crippen MR) is 53.0 cm³/mol. The van der Waals surface area contributed by atoms with Crippen LogP contribution in [0.4, 0.5) is 13.2 Å². The molecule has 1 aromatic rings. The Labute approximate surface area is 91.2 Å². The van der Waals surface area contributed by atoms with Gasteiger partial charge in [-0.25, -0.2) is 13.2 Å². The van der Waals surface area contributed by atoms with E-state index in [2.05, 4.69) is 0 Å². The third-order valence-corrected chi connectivity index (χ3v) is 2.86. The molecule has 88 valence electrons. The van der Waals surface area contributed by atoms with Gasteiger partial charge in [0.15, 0.2) is 11.6 Å². The van der Waals surface area contributed by atoms with Crippen molar-refractivity contribution in [1.29, 1.82) is 0 Å². The lowest BCUT2D eigenvalue weighted by atomic mass is 9.69. The number of para-hydroxylation sites is 1. The number of methoxy groups -OCH3 is 1. The van der Waals surface area contributed by atoms with E-state index >= 15 is 0 Å². The largest absolute Gasteiger partial charge is 0.493 e. The third-order valence-electron chi connectivity index (χ3n) is 2.86. The fraction of sp³-hybridized carbons (Fsp3) is 0.455. The smallest absolute Gasteiger partial charge is 0.252 e. The predicted octanol–water partition coefficient (Wildman–Crippen LogP) is 2.42. The fourth-order valence-electron chi connectivity index (χ4n) is 2.17. The van der Waals surface area contributed by atoms with E-state index in [0.717, 1.165) is 0 Å². The zero-order valence-corrected chi connectivity index (χ0v) is 8.77. The first-order valence-corrected chi connectivity index (χ1v) is 4.88. The zero-order valence-electron chi connectivity index (χ0n) is 8.77. The van der Waals surface area contributed by atoms with Gasteiger partial charge in [-0.2, -0.15) is 0 Å². The minimum Gasteiger partial charge on any atom is -0.493 e. The van der Waals surface area contributed by atoms with Crippen molar-refractivity contribution in [2.75, 3.05) is 7.11 Å². The molecule has 1 aliphatic carbocycles. The SMILES string of the molecule is COc1c(F)cccc1C1(N)CC(F)(F)C1. The highest BCUT2D eigenvalue weighted by Crippen LogP contribution is 2.52. The molecule has 2 N–H and O–H groups in total. The van der Waals surface area contributed by atoms with Gasteiger partial charge in [0, 0.05) is 18.4 Å². The lowest BCUT2D eigenvalue weighted by Crippen LogP contribution is -2.55. The molecular weight excluding hydrogens is 219 g/mol. The molecule has 5 heteroatoms. The maximum atomic E-state index is 13.4. The van der Waals surface area contributed by atoms with Gasteiger partial charge in [0.2, 0.25) is 0 Å². The van der Waals surface area contributed by atoms with Gasteiger partial charge in [0.25, 0.3) is 5.92 Å². The quantitative estimate of drug-likeness (QED) is 0.848. The Morgan fingerprint density at radius 2 is 1.94 bits per heavy atom. The minimum atomic E-state index is -2.76.